The number of benzene rings is 2. The maximum absolute atomic E-state index is 12.6. The predicted octanol–water partition coefficient (Wildman–Crippen LogP) is 3.43. The van der Waals surface area contributed by atoms with Gasteiger partial charge in [-0.2, -0.15) is 0 Å². The highest BCUT2D eigenvalue weighted by molar-refractivity contribution is 7.99. The van der Waals surface area contributed by atoms with E-state index in [1.54, 1.807) is 41.1 Å². The maximum atomic E-state index is 12.6. The molecular weight excluding hydrogens is 444 g/mol. The zero-order valence-electron chi connectivity index (χ0n) is 19.1. The van der Waals surface area contributed by atoms with E-state index in [0.717, 1.165) is 0 Å². The molecule has 0 saturated carbocycles. The molecule has 3 aromatic rings. The van der Waals surface area contributed by atoms with Crippen molar-refractivity contribution in [1.82, 2.24) is 20.2 Å². The number of carbonyl (C=O) groups excluding carboxylic acids is 2. The Hall–Kier alpha value is -3.60. The first kappa shape index (κ1) is 24.1. The summed E-state index contributed by atoms with van der Waals surface area (Å²) in [5.41, 5.74) is 1.03. The number of ether oxygens (including phenoxy) is 2. The van der Waals surface area contributed by atoms with Crippen LogP contribution in [0.3, 0.4) is 0 Å². The molecule has 0 unspecified atom stereocenters. The highest BCUT2D eigenvalue weighted by Crippen LogP contribution is 2.37. The molecule has 0 aliphatic carbocycles. The Bertz CT molecular complexity index is 1130. The van der Waals surface area contributed by atoms with Crippen molar-refractivity contribution in [2.45, 2.75) is 31.5 Å². The van der Waals surface area contributed by atoms with Gasteiger partial charge in [-0.1, -0.05) is 30.0 Å². The van der Waals surface area contributed by atoms with Crippen LogP contribution in [0.4, 0.5) is 11.4 Å². The SMILES string of the molecule is COc1cc(NC(=O)c2ccccc2)c(OC)cc1NC(=O)CSc1nnnn1C(C)(C)C. The number of tetrazole rings is 1. The fourth-order valence-electron chi connectivity index (χ4n) is 2.88. The van der Waals surface area contributed by atoms with E-state index in [9.17, 15) is 9.59 Å². The Kier molecular flexibility index (Phi) is 7.54. The minimum Gasteiger partial charge on any atom is -0.494 e. The fourth-order valence-corrected chi connectivity index (χ4v) is 3.74. The number of hydrogen-bond acceptors (Lipinski definition) is 8. The van der Waals surface area contributed by atoms with Gasteiger partial charge in [0.05, 0.1) is 36.9 Å². The predicted molar refractivity (Wildman–Crippen MR) is 126 cm³/mol. The Morgan fingerprint density at radius 3 is 2.18 bits per heavy atom. The molecule has 1 aromatic heterocycles. The van der Waals surface area contributed by atoms with Crippen LogP contribution in [0.25, 0.3) is 0 Å². The Labute approximate surface area is 196 Å². The Morgan fingerprint density at radius 1 is 1.00 bits per heavy atom. The molecule has 174 valence electrons. The van der Waals surface area contributed by atoms with Crippen LogP contribution in [-0.4, -0.2) is 52.0 Å². The first-order valence-corrected chi connectivity index (χ1v) is 11.1. The van der Waals surface area contributed by atoms with Crippen LogP contribution >= 0.6 is 11.8 Å². The molecule has 0 aliphatic rings. The van der Waals surface area contributed by atoms with E-state index < -0.39 is 0 Å². The summed E-state index contributed by atoms with van der Waals surface area (Å²) >= 11 is 1.23. The number of aromatic nitrogens is 4. The van der Waals surface area contributed by atoms with Gasteiger partial charge in [0.15, 0.2) is 0 Å². The van der Waals surface area contributed by atoms with E-state index in [2.05, 4.69) is 26.2 Å². The van der Waals surface area contributed by atoms with Gasteiger partial charge < -0.3 is 20.1 Å². The number of methoxy groups -OCH3 is 2. The van der Waals surface area contributed by atoms with Crippen LogP contribution in [0.2, 0.25) is 0 Å². The number of thioether (sulfide) groups is 1. The summed E-state index contributed by atoms with van der Waals surface area (Å²) in [7, 11) is 2.96. The highest BCUT2D eigenvalue weighted by atomic mass is 32.2. The first-order valence-electron chi connectivity index (χ1n) is 10.1. The van der Waals surface area contributed by atoms with Crippen LogP contribution in [0.5, 0.6) is 11.5 Å². The standard InChI is InChI=1S/C22H26N6O4S/c1-22(2,3)28-21(25-26-27-28)33-13-19(29)23-15-11-18(32-5)16(12-17(15)31-4)24-20(30)14-9-7-6-8-10-14/h6-12H,13H2,1-5H3,(H,23,29)(H,24,30). The number of nitrogens with zero attached hydrogens (tertiary/aromatic N) is 4. The molecule has 10 nitrogen and oxygen atoms in total. The third-order valence-electron chi connectivity index (χ3n) is 4.49. The van der Waals surface area contributed by atoms with Crippen LogP contribution in [0.15, 0.2) is 47.6 Å². The van der Waals surface area contributed by atoms with E-state index in [1.165, 1.54) is 26.0 Å². The zero-order chi connectivity index (χ0) is 24.0. The number of rotatable bonds is 8. The number of nitrogens with one attached hydrogen (secondary N) is 2. The number of carbonyl (C=O) groups is 2. The first-order chi connectivity index (χ1) is 15.7. The molecule has 0 radical (unpaired) electrons. The van der Waals surface area contributed by atoms with Crippen molar-refractivity contribution in [1.29, 1.82) is 0 Å². The van der Waals surface area contributed by atoms with Gasteiger partial charge in [-0.05, 0) is 43.3 Å². The van der Waals surface area contributed by atoms with Crippen LogP contribution in [-0.2, 0) is 10.3 Å². The van der Waals surface area contributed by atoms with Gasteiger partial charge in [0.1, 0.15) is 11.5 Å². The molecule has 11 heteroatoms. The van der Waals surface area contributed by atoms with Crippen molar-refractivity contribution < 1.29 is 19.1 Å². The second kappa shape index (κ2) is 10.3. The van der Waals surface area contributed by atoms with Gasteiger partial charge in [-0.25, -0.2) is 4.68 Å². The summed E-state index contributed by atoms with van der Waals surface area (Å²) in [6.07, 6.45) is 0. The summed E-state index contributed by atoms with van der Waals surface area (Å²) in [6, 6.07) is 12.0. The number of anilines is 2. The Morgan fingerprint density at radius 2 is 1.61 bits per heavy atom. The lowest BCUT2D eigenvalue weighted by Crippen LogP contribution is -2.24. The lowest BCUT2D eigenvalue weighted by Gasteiger charge is -2.19. The summed E-state index contributed by atoms with van der Waals surface area (Å²) in [4.78, 5) is 25.2. The average Bonchev–Trinajstić information content (AvgIpc) is 3.28. The molecular formula is C22H26N6O4S. The van der Waals surface area contributed by atoms with Gasteiger partial charge in [-0.3, -0.25) is 9.59 Å². The van der Waals surface area contributed by atoms with E-state index in [0.29, 0.717) is 33.6 Å². The fraction of sp³-hybridized carbons (Fsp3) is 0.318. The second-order valence-electron chi connectivity index (χ2n) is 7.95. The van der Waals surface area contributed by atoms with Crippen molar-refractivity contribution in [3.8, 4) is 11.5 Å². The highest BCUT2D eigenvalue weighted by Gasteiger charge is 2.21. The quantitative estimate of drug-likeness (QED) is 0.481. The van der Waals surface area contributed by atoms with Crippen LogP contribution in [0, 0.1) is 0 Å². The largest absolute Gasteiger partial charge is 0.494 e. The second-order valence-corrected chi connectivity index (χ2v) is 8.90. The summed E-state index contributed by atoms with van der Waals surface area (Å²) < 4.78 is 12.5. The molecule has 3 rings (SSSR count). The zero-order valence-corrected chi connectivity index (χ0v) is 19.9. The third kappa shape index (κ3) is 6.01. The van der Waals surface area contributed by atoms with Crippen molar-refractivity contribution in [2.75, 3.05) is 30.6 Å². The monoisotopic (exact) mass is 470 g/mol. The minimum atomic E-state index is -0.307. The number of hydrogen-bond donors (Lipinski definition) is 2. The molecule has 2 N–H and O–H groups in total. The van der Waals surface area contributed by atoms with Gasteiger partial charge in [0.2, 0.25) is 11.1 Å². The molecule has 0 aliphatic heterocycles. The summed E-state index contributed by atoms with van der Waals surface area (Å²) in [6.45, 7) is 5.92. The van der Waals surface area contributed by atoms with Crippen molar-refractivity contribution in [3.63, 3.8) is 0 Å². The molecule has 2 aromatic carbocycles. The minimum absolute atomic E-state index is 0.0917. The van der Waals surface area contributed by atoms with Gasteiger partial charge in [-0.15, -0.1) is 5.10 Å². The van der Waals surface area contributed by atoms with Gasteiger partial charge in [0, 0.05) is 17.7 Å². The topological polar surface area (TPSA) is 120 Å². The lowest BCUT2D eigenvalue weighted by atomic mass is 10.1. The maximum Gasteiger partial charge on any atom is 0.255 e. The van der Waals surface area contributed by atoms with Crippen LogP contribution < -0.4 is 20.1 Å². The van der Waals surface area contributed by atoms with Crippen molar-refractivity contribution >= 4 is 35.0 Å². The van der Waals surface area contributed by atoms with Crippen molar-refractivity contribution in [3.05, 3.63) is 48.0 Å². The third-order valence-corrected chi connectivity index (χ3v) is 5.41. The normalized spacial score (nSPS) is 11.1. The molecule has 1 heterocycles. The smallest absolute Gasteiger partial charge is 0.255 e. The van der Waals surface area contributed by atoms with Crippen LogP contribution in [0.1, 0.15) is 31.1 Å². The molecule has 2 amide bonds. The van der Waals surface area contributed by atoms with E-state index in [4.69, 9.17) is 9.47 Å². The molecule has 0 fully saturated rings. The molecule has 0 saturated heterocycles. The lowest BCUT2D eigenvalue weighted by molar-refractivity contribution is -0.113. The molecule has 33 heavy (non-hydrogen) atoms. The molecule has 0 spiro atoms. The summed E-state index contributed by atoms with van der Waals surface area (Å²) in [5.74, 6) is 0.274. The summed E-state index contributed by atoms with van der Waals surface area (Å²) in [5, 5.41) is 17.8. The van der Waals surface area contributed by atoms with Gasteiger partial charge in [0.25, 0.3) is 5.91 Å². The molecule has 0 atom stereocenters. The van der Waals surface area contributed by atoms with Crippen molar-refractivity contribution in [2.24, 2.45) is 0 Å². The van der Waals surface area contributed by atoms with Gasteiger partial charge >= 0.3 is 0 Å². The van der Waals surface area contributed by atoms with E-state index in [-0.39, 0.29) is 23.1 Å². The molecule has 0 bridgehead atoms. The van der Waals surface area contributed by atoms with E-state index in [1.807, 2.05) is 26.8 Å². The average molecular weight is 471 g/mol. The van der Waals surface area contributed by atoms with E-state index >= 15 is 0 Å². The number of amides is 2. The Balaban J connectivity index is 1.73.